The summed E-state index contributed by atoms with van der Waals surface area (Å²) in [4.78, 5) is 0. The number of hydrogen-bond donors (Lipinski definition) is 1. The van der Waals surface area contributed by atoms with Crippen LogP contribution in [0, 0.1) is 0 Å². The molecule has 1 N–H and O–H groups in total. The second kappa shape index (κ2) is 2.99. The van der Waals surface area contributed by atoms with Gasteiger partial charge < -0.3 is 5.11 Å². The first-order valence-corrected chi connectivity index (χ1v) is 5.51. The van der Waals surface area contributed by atoms with Gasteiger partial charge in [-0.15, -0.1) is 0 Å². The second-order valence-electron chi connectivity index (χ2n) is 4.59. The first-order chi connectivity index (χ1) is 6.47. The lowest BCUT2D eigenvalue weighted by atomic mass is 9.87. The molecule has 0 aliphatic carbocycles. The van der Waals surface area contributed by atoms with E-state index < -0.39 is 0 Å². The number of fused-ring (bicyclic) bond motifs is 1. The van der Waals surface area contributed by atoms with E-state index in [1.165, 1.54) is 16.9 Å². The molecule has 1 aromatic carbocycles. The lowest BCUT2D eigenvalue weighted by Gasteiger charge is -2.18. The largest absolute Gasteiger partial charge is 0.499 e. The van der Waals surface area contributed by atoms with Crippen LogP contribution in [0.25, 0.3) is 10.1 Å². The summed E-state index contributed by atoms with van der Waals surface area (Å²) < 4.78 is 1.16. The predicted molar refractivity (Wildman–Crippen MR) is 62.2 cm³/mol. The monoisotopic (exact) mass is 206 g/mol. The Labute approximate surface area is 88.0 Å². The van der Waals surface area contributed by atoms with Crippen molar-refractivity contribution < 1.29 is 5.11 Å². The summed E-state index contributed by atoms with van der Waals surface area (Å²) in [6.07, 6.45) is 0. The molecule has 1 nitrogen and oxygen atoms in total. The highest BCUT2D eigenvalue weighted by Crippen LogP contribution is 2.33. The highest BCUT2D eigenvalue weighted by molar-refractivity contribution is 7.20. The van der Waals surface area contributed by atoms with E-state index in [-0.39, 0.29) is 5.41 Å². The Morgan fingerprint density at radius 2 is 1.86 bits per heavy atom. The summed E-state index contributed by atoms with van der Waals surface area (Å²) in [6.45, 7) is 6.59. The van der Waals surface area contributed by atoms with Gasteiger partial charge in [0.15, 0.2) is 5.06 Å². The molecule has 0 unspecified atom stereocenters. The van der Waals surface area contributed by atoms with Crippen molar-refractivity contribution in [2.24, 2.45) is 0 Å². The van der Waals surface area contributed by atoms with Crippen molar-refractivity contribution in [2.45, 2.75) is 26.2 Å². The van der Waals surface area contributed by atoms with Crippen LogP contribution in [0.5, 0.6) is 5.06 Å². The molecule has 0 spiro atoms. The predicted octanol–water partition coefficient (Wildman–Crippen LogP) is 3.90. The van der Waals surface area contributed by atoms with Gasteiger partial charge in [-0.3, -0.25) is 0 Å². The summed E-state index contributed by atoms with van der Waals surface area (Å²) in [6, 6.07) is 8.19. The zero-order valence-electron chi connectivity index (χ0n) is 8.66. The smallest absolute Gasteiger partial charge is 0.172 e. The lowest BCUT2D eigenvalue weighted by Crippen LogP contribution is -2.10. The van der Waals surface area contributed by atoms with E-state index in [0.29, 0.717) is 5.06 Å². The Balaban J connectivity index is 2.62. The normalized spacial score (nSPS) is 12.2. The van der Waals surface area contributed by atoms with Gasteiger partial charge in [0.25, 0.3) is 0 Å². The summed E-state index contributed by atoms with van der Waals surface area (Å²) in [5.41, 5.74) is 1.49. The van der Waals surface area contributed by atoms with Crippen molar-refractivity contribution in [1.82, 2.24) is 0 Å². The molecule has 0 amide bonds. The fraction of sp³-hybridized carbons (Fsp3) is 0.333. The van der Waals surface area contributed by atoms with Crippen LogP contribution in [-0.2, 0) is 5.41 Å². The van der Waals surface area contributed by atoms with Gasteiger partial charge >= 0.3 is 0 Å². The average Bonchev–Trinajstić information content (AvgIpc) is 2.41. The number of thiophene rings is 1. The Hall–Kier alpha value is -1.02. The maximum atomic E-state index is 9.37. The molecule has 0 fully saturated rings. The van der Waals surface area contributed by atoms with Crippen molar-refractivity contribution in [1.29, 1.82) is 0 Å². The van der Waals surface area contributed by atoms with Crippen molar-refractivity contribution in [3.8, 4) is 5.06 Å². The fourth-order valence-corrected chi connectivity index (χ4v) is 2.33. The van der Waals surface area contributed by atoms with Crippen molar-refractivity contribution in [3.63, 3.8) is 0 Å². The minimum atomic E-state index is 0.174. The highest BCUT2D eigenvalue weighted by atomic mass is 32.1. The molecule has 0 atom stereocenters. The van der Waals surface area contributed by atoms with Crippen LogP contribution in [0.3, 0.4) is 0 Å². The van der Waals surface area contributed by atoms with Crippen LogP contribution in [0.4, 0.5) is 0 Å². The lowest BCUT2D eigenvalue weighted by molar-refractivity contribution is 0.491. The van der Waals surface area contributed by atoms with Gasteiger partial charge in [-0.2, -0.15) is 0 Å². The summed E-state index contributed by atoms with van der Waals surface area (Å²) in [5, 5.41) is 10.9. The Kier molecular flexibility index (Phi) is 2.04. The fourth-order valence-electron chi connectivity index (χ4n) is 1.48. The molecule has 1 heterocycles. The molecular weight excluding hydrogens is 192 g/mol. The zero-order valence-corrected chi connectivity index (χ0v) is 9.48. The molecule has 14 heavy (non-hydrogen) atoms. The number of aromatic hydroxyl groups is 1. The third-order valence-electron chi connectivity index (χ3n) is 2.37. The first-order valence-electron chi connectivity index (χ1n) is 4.70. The molecule has 0 aliphatic rings. The summed E-state index contributed by atoms with van der Waals surface area (Å²) in [7, 11) is 0. The quantitative estimate of drug-likeness (QED) is 0.693. The molecule has 2 heteroatoms. The average molecular weight is 206 g/mol. The molecule has 0 bridgehead atoms. The second-order valence-corrected chi connectivity index (χ2v) is 5.65. The molecule has 2 rings (SSSR count). The first kappa shape index (κ1) is 9.53. The molecule has 0 saturated carbocycles. The molecule has 0 saturated heterocycles. The van der Waals surface area contributed by atoms with E-state index in [4.69, 9.17) is 0 Å². The van der Waals surface area contributed by atoms with Crippen molar-refractivity contribution >= 4 is 21.4 Å². The highest BCUT2D eigenvalue weighted by Gasteiger charge is 2.14. The van der Waals surface area contributed by atoms with Gasteiger partial charge in [-0.05, 0) is 28.5 Å². The molecule has 0 radical (unpaired) electrons. The summed E-state index contributed by atoms with van der Waals surface area (Å²) >= 11 is 1.44. The van der Waals surface area contributed by atoms with E-state index in [2.05, 4.69) is 39.0 Å². The Bertz CT molecular complexity index is 463. The van der Waals surface area contributed by atoms with E-state index in [0.717, 1.165) is 10.1 Å². The Morgan fingerprint density at radius 1 is 1.14 bits per heavy atom. The van der Waals surface area contributed by atoms with Gasteiger partial charge in [0.05, 0.1) is 0 Å². The minimum absolute atomic E-state index is 0.174. The van der Waals surface area contributed by atoms with Crippen LogP contribution in [0.15, 0.2) is 24.3 Å². The standard InChI is InChI=1S/C12H14OS/c1-12(2,3)9-5-4-8-6-11(13)14-10(8)7-9/h4-7,13H,1-3H3. The maximum absolute atomic E-state index is 9.37. The molecule has 74 valence electrons. The van der Waals surface area contributed by atoms with E-state index in [1.54, 1.807) is 0 Å². The van der Waals surface area contributed by atoms with E-state index >= 15 is 0 Å². The van der Waals surface area contributed by atoms with Crippen molar-refractivity contribution in [3.05, 3.63) is 29.8 Å². The summed E-state index contributed by atoms with van der Waals surface area (Å²) in [5.74, 6) is 0. The van der Waals surface area contributed by atoms with Gasteiger partial charge in [0.2, 0.25) is 0 Å². The van der Waals surface area contributed by atoms with Crippen LogP contribution < -0.4 is 0 Å². The maximum Gasteiger partial charge on any atom is 0.172 e. The van der Waals surface area contributed by atoms with Gasteiger partial charge in [-0.25, -0.2) is 0 Å². The van der Waals surface area contributed by atoms with Crippen molar-refractivity contribution in [2.75, 3.05) is 0 Å². The van der Waals surface area contributed by atoms with E-state index in [9.17, 15) is 5.11 Å². The third kappa shape index (κ3) is 1.62. The zero-order chi connectivity index (χ0) is 10.3. The van der Waals surface area contributed by atoms with E-state index in [1.807, 2.05) is 6.07 Å². The SMILES string of the molecule is CC(C)(C)c1ccc2cc(O)sc2c1. The van der Waals surface area contributed by atoms with Crippen LogP contribution in [0.1, 0.15) is 26.3 Å². The number of benzene rings is 1. The number of hydrogen-bond acceptors (Lipinski definition) is 2. The Morgan fingerprint density at radius 3 is 2.50 bits per heavy atom. The number of rotatable bonds is 0. The van der Waals surface area contributed by atoms with Gasteiger partial charge in [-0.1, -0.05) is 44.2 Å². The molecule has 2 aromatic rings. The van der Waals surface area contributed by atoms with Crippen LogP contribution in [-0.4, -0.2) is 5.11 Å². The molecule has 1 aromatic heterocycles. The van der Waals surface area contributed by atoms with Crippen LogP contribution in [0.2, 0.25) is 0 Å². The van der Waals surface area contributed by atoms with Gasteiger partial charge in [0, 0.05) is 4.70 Å². The van der Waals surface area contributed by atoms with Crippen LogP contribution >= 0.6 is 11.3 Å². The molecular formula is C12H14OS. The van der Waals surface area contributed by atoms with Gasteiger partial charge in [0.1, 0.15) is 0 Å². The third-order valence-corrected chi connectivity index (χ3v) is 3.27. The topological polar surface area (TPSA) is 20.2 Å². The molecule has 0 aliphatic heterocycles. The minimum Gasteiger partial charge on any atom is -0.499 e.